The van der Waals surface area contributed by atoms with Gasteiger partial charge < -0.3 is 5.73 Å². The third-order valence-corrected chi connectivity index (χ3v) is 3.30. The zero-order valence-electron chi connectivity index (χ0n) is 10.0. The second kappa shape index (κ2) is 5.46. The lowest BCUT2D eigenvalue weighted by molar-refractivity contribution is 0.614. The molecule has 1 heterocycles. The summed E-state index contributed by atoms with van der Waals surface area (Å²) in [6, 6.07) is 6.84. The highest BCUT2D eigenvalue weighted by atomic mass is 35.5. The van der Waals surface area contributed by atoms with E-state index in [1.807, 2.05) is 12.1 Å². The predicted octanol–water partition coefficient (Wildman–Crippen LogP) is 3.27. The molecule has 1 unspecified atom stereocenters. The molecule has 0 radical (unpaired) electrons. The summed E-state index contributed by atoms with van der Waals surface area (Å²) < 4.78 is 13.7. The molecular formula is C14H14ClFN2. The summed E-state index contributed by atoms with van der Waals surface area (Å²) in [5.74, 6) is -0.405. The normalized spacial score (nSPS) is 12.4. The molecule has 1 aromatic carbocycles. The summed E-state index contributed by atoms with van der Waals surface area (Å²) in [6.45, 7) is 2.04. The SMILES string of the molecule is Cc1cc(Cl)c(C(CN)c2cccnc2)cc1F. The molecule has 0 amide bonds. The van der Waals surface area contributed by atoms with Crippen LogP contribution < -0.4 is 5.73 Å². The van der Waals surface area contributed by atoms with Gasteiger partial charge >= 0.3 is 0 Å². The molecule has 0 aliphatic rings. The van der Waals surface area contributed by atoms with Crippen molar-refractivity contribution in [1.29, 1.82) is 0 Å². The zero-order chi connectivity index (χ0) is 13.1. The third-order valence-electron chi connectivity index (χ3n) is 2.98. The summed E-state index contributed by atoms with van der Waals surface area (Å²) >= 11 is 6.18. The Labute approximate surface area is 111 Å². The number of halogens is 2. The lowest BCUT2D eigenvalue weighted by atomic mass is 9.92. The predicted molar refractivity (Wildman–Crippen MR) is 71.3 cm³/mol. The largest absolute Gasteiger partial charge is 0.330 e. The molecule has 0 fully saturated rings. The maximum Gasteiger partial charge on any atom is 0.126 e. The number of hydrogen-bond acceptors (Lipinski definition) is 2. The van der Waals surface area contributed by atoms with Crippen LogP contribution in [0.2, 0.25) is 5.02 Å². The molecule has 18 heavy (non-hydrogen) atoms. The lowest BCUT2D eigenvalue weighted by Crippen LogP contribution is -2.15. The van der Waals surface area contributed by atoms with Crippen molar-refractivity contribution < 1.29 is 4.39 Å². The Balaban J connectivity index is 2.49. The molecule has 1 atom stereocenters. The molecule has 0 aliphatic carbocycles. The van der Waals surface area contributed by atoms with Gasteiger partial charge in [0.1, 0.15) is 5.82 Å². The van der Waals surface area contributed by atoms with Gasteiger partial charge in [-0.2, -0.15) is 0 Å². The average molecular weight is 265 g/mol. The standard InChI is InChI=1S/C14H14ClFN2/c1-9-5-13(15)11(6-14(9)16)12(7-17)10-3-2-4-18-8-10/h2-6,8,12H,7,17H2,1H3. The highest BCUT2D eigenvalue weighted by molar-refractivity contribution is 6.31. The number of nitrogens with zero attached hydrogens (tertiary/aromatic N) is 1. The van der Waals surface area contributed by atoms with Gasteiger partial charge in [-0.1, -0.05) is 17.7 Å². The molecular weight excluding hydrogens is 251 g/mol. The van der Waals surface area contributed by atoms with Gasteiger partial charge in [-0.15, -0.1) is 0 Å². The maximum atomic E-state index is 13.7. The fraction of sp³-hybridized carbons (Fsp3) is 0.214. The van der Waals surface area contributed by atoms with Crippen molar-refractivity contribution in [1.82, 2.24) is 4.98 Å². The van der Waals surface area contributed by atoms with E-state index in [4.69, 9.17) is 17.3 Å². The number of benzene rings is 1. The van der Waals surface area contributed by atoms with E-state index in [-0.39, 0.29) is 11.7 Å². The van der Waals surface area contributed by atoms with E-state index in [2.05, 4.69) is 4.98 Å². The second-order valence-electron chi connectivity index (χ2n) is 4.20. The second-order valence-corrected chi connectivity index (χ2v) is 4.60. The van der Waals surface area contributed by atoms with E-state index in [1.54, 1.807) is 25.4 Å². The fourth-order valence-electron chi connectivity index (χ4n) is 1.95. The summed E-state index contributed by atoms with van der Waals surface area (Å²) in [7, 11) is 0. The minimum Gasteiger partial charge on any atom is -0.330 e. The first-order valence-corrected chi connectivity index (χ1v) is 6.06. The molecule has 0 saturated heterocycles. The van der Waals surface area contributed by atoms with Gasteiger partial charge in [0, 0.05) is 29.9 Å². The highest BCUT2D eigenvalue weighted by Crippen LogP contribution is 2.31. The first kappa shape index (κ1) is 13.0. The van der Waals surface area contributed by atoms with E-state index in [0.717, 1.165) is 5.56 Å². The fourth-order valence-corrected chi connectivity index (χ4v) is 2.30. The van der Waals surface area contributed by atoms with Crippen molar-refractivity contribution in [2.24, 2.45) is 5.73 Å². The van der Waals surface area contributed by atoms with Crippen LogP contribution >= 0.6 is 11.6 Å². The molecule has 2 aromatic rings. The number of nitrogens with two attached hydrogens (primary N) is 1. The minimum atomic E-state index is -0.267. The number of rotatable bonds is 3. The van der Waals surface area contributed by atoms with E-state index >= 15 is 0 Å². The first-order valence-electron chi connectivity index (χ1n) is 5.69. The molecule has 2 rings (SSSR count). The summed E-state index contributed by atoms with van der Waals surface area (Å²) in [5.41, 5.74) is 7.96. The van der Waals surface area contributed by atoms with Crippen LogP contribution in [0.4, 0.5) is 4.39 Å². The van der Waals surface area contributed by atoms with Crippen LogP contribution in [-0.4, -0.2) is 11.5 Å². The topological polar surface area (TPSA) is 38.9 Å². The molecule has 0 aliphatic heterocycles. The molecule has 0 bridgehead atoms. The van der Waals surface area contributed by atoms with Crippen LogP contribution in [0.3, 0.4) is 0 Å². The van der Waals surface area contributed by atoms with Crippen LogP contribution in [0, 0.1) is 12.7 Å². The van der Waals surface area contributed by atoms with E-state index in [0.29, 0.717) is 22.7 Å². The van der Waals surface area contributed by atoms with Crippen molar-refractivity contribution in [2.45, 2.75) is 12.8 Å². The number of pyridine rings is 1. The average Bonchev–Trinajstić information content (AvgIpc) is 2.38. The van der Waals surface area contributed by atoms with Gasteiger partial charge in [-0.25, -0.2) is 4.39 Å². The number of aromatic nitrogens is 1. The van der Waals surface area contributed by atoms with E-state index in [9.17, 15) is 4.39 Å². The smallest absolute Gasteiger partial charge is 0.126 e. The molecule has 2 nitrogen and oxygen atoms in total. The maximum absolute atomic E-state index is 13.7. The summed E-state index contributed by atoms with van der Waals surface area (Å²) in [4.78, 5) is 4.06. The highest BCUT2D eigenvalue weighted by Gasteiger charge is 2.17. The summed E-state index contributed by atoms with van der Waals surface area (Å²) in [6.07, 6.45) is 3.42. The van der Waals surface area contributed by atoms with Crippen LogP contribution in [0.15, 0.2) is 36.7 Å². The Bertz CT molecular complexity index is 543. The number of aryl methyl sites for hydroxylation is 1. The van der Waals surface area contributed by atoms with Gasteiger partial charge in [-0.3, -0.25) is 4.98 Å². The van der Waals surface area contributed by atoms with Crippen LogP contribution in [-0.2, 0) is 0 Å². The van der Waals surface area contributed by atoms with Crippen LogP contribution in [0.25, 0.3) is 0 Å². The Morgan fingerprint density at radius 2 is 2.22 bits per heavy atom. The van der Waals surface area contributed by atoms with Crippen molar-refractivity contribution >= 4 is 11.6 Å². The quantitative estimate of drug-likeness (QED) is 0.924. The van der Waals surface area contributed by atoms with Crippen molar-refractivity contribution in [3.63, 3.8) is 0 Å². The van der Waals surface area contributed by atoms with Gasteiger partial charge in [0.2, 0.25) is 0 Å². The zero-order valence-corrected chi connectivity index (χ0v) is 10.8. The van der Waals surface area contributed by atoms with E-state index < -0.39 is 0 Å². The Morgan fingerprint density at radius 1 is 1.44 bits per heavy atom. The van der Waals surface area contributed by atoms with Crippen molar-refractivity contribution in [3.8, 4) is 0 Å². The minimum absolute atomic E-state index is 0.138. The van der Waals surface area contributed by atoms with Crippen LogP contribution in [0.1, 0.15) is 22.6 Å². The van der Waals surface area contributed by atoms with Crippen LogP contribution in [0.5, 0.6) is 0 Å². The third kappa shape index (κ3) is 2.52. The Kier molecular flexibility index (Phi) is 3.94. The van der Waals surface area contributed by atoms with Crippen molar-refractivity contribution in [3.05, 3.63) is 64.2 Å². The molecule has 0 saturated carbocycles. The Morgan fingerprint density at radius 3 is 2.83 bits per heavy atom. The molecule has 94 valence electrons. The molecule has 1 aromatic heterocycles. The van der Waals surface area contributed by atoms with Gasteiger partial charge in [0.05, 0.1) is 0 Å². The van der Waals surface area contributed by atoms with Crippen molar-refractivity contribution in [2.75, 3.05) is 6.54 Å². The summed E-state index contributed by atoms with van der Waals surface area (Å²) in [5, 5.41) is 0.535. The monoisotopic (exact) mass is 264 g/mol. The molecule has 0 spiro atoms. The lowest BCUT2D eigenvalue weighted by Gasteiger charge is -2.17. The van der Waals surface area contributed by atoms with Gasteiger partial charge in [0.25, 0.3) is 0 Å². The van der Waals surface area contributed by atoms with E-state index in [1.165, 1.54) is 6.07 Å². The molecule has 4 heteroatoms. The Hall–Kier alpha value is -1.45. The van der Waals surface area contributed by atoms with Gasteiger partial charge in [0.15, 0.2) is 0 Å². The number of hydrogen-bond donors (Lipinski definition) is 1. The molecule has 2 N–H and O–H groups in total. The first-order chi connectivity index (χ1) is 8.63. The van der Waals surface area contributed by atoms with Gasteiger partial charge in [-0.05, 0) is 41.8 Å².